The van der Waals surface area contributed by atoms with E-state index in [-0.39, 0.29) is 12.0 Å². The summed E-state index contributed by atoms with van der Waals surface area (Å²) in [4.78, 5) is 12.6. The lowest BCUT2D eigenvalue weighted by molar-refractivity contribution is -0.153. The van der Waals surface area contributed by atoms with Gasteiger partial charge in [0, 0.05) is 4.43 Å². The molecule has 0 aromatic heterocycles. The van der Waals surface area contributed by atoms with Crippen LogP contribution in [-0.2, 0) is 14.2 Å². The van der Waals surface area contributed by atoms with Crippen molar-refractivity contribution in [2.45, 2.75) is 64.3 Å². The van der Waals surface area contributed by atoms with Crippen LogP contribution >= 0.6 is 22.6 Å². The van der Waals surface area contributed by atoms with Crippen LogP contribution in [0.5, 0.6) is 0 Å². The van der Waals surface area contributed by atoms with E-state index in [1.807, 2.05) is 39.0 Å². The van der Waals surface area contributed by atoms with E-state index in [9.17, 15) is 9.90 Å². The van der Waals surface area contributed by atoms with E-state index in [0.717, 1.165) is 10.8 Å². The molecule has 2 rings (SSSR count). The van der Waals surface area contributed by atoms with Crippen LogP contribution in [-0.4, -0.2) is 45.7 Å². The van der Waals surface area contributed by atoms with Crippen LogP contribution in [0, 0.1) is 5.92 Å². The van der Waals surface area contributed by atoms with Gasteiger partial charge in [0.05, 0.1) is 17.8 Å². The Bertz CT molecular complexity index is 629. The van der Waals surface area contributed by atoms with E-state index in [1.165, 1.54) is 0 Å². The number of benzene rings is 1. The molecule has 1 N–H and O–H groups in total. The normalized spacial score (nSPS) is 25.3. The van der Waals surface area contributed by atoms with Gasteiger partial charge in [0.1, 0.15) is 12.2 Å². The molecule has 1 aromatic carbocycles. The van der Waals surface area contributed by atoms with E-state index >= 15 is 0 Å². The Hall–Kier alpha value is -0.960. The maximum Gasteiger partial charge on any atom is 0.338 e. The predicted molar refractivity (Wildman–Crippen MR) is 113 cm³/mol. The number of esters is 1. The second-order valence-corrected chi connectivity index (χ2v) is 8.42. The molecule has 1 aliphatic heterocycles. The first-order valence-electron chi connectivity index (χ1n) is 9.27. The smallest absolute Gasteiger partial charge is 0.338 e. The number of halogens is 1. The van der Waals surface area contributed by atoms with E-state index in [0.29, 0.717) is 5.56 Å². The van der Waals surface area contributed by atoms with Crippen molar-refractivity contribution in [3.05, 3.63) is 48.0 Å². The standard InChI is InChI=1S/C21H29IO5/c1-14(15(2)23)10-11-17(25-20(24)16-8-6-5-7-9-16)19-18(12-13-22)26-21(3,4)27-19/h5-11,14-15,17-19,23H,12-13H2,1-4H3/b11-10-/t14-,15+,17?,18+,19-/m1/s1. The van der Waals surface area contributed by atoms with Gasteiger partial charge in [-0.25, -0.2) is 4.79 Å². The molecule has 0 aliphatic carbocycles. The summed E-state index contributed by atoms with van der Waals surface area (Å²) in [5.74, 6) is -1.21. The van der Waals surface area contributed by atoms with Gasteiger partial charge in [0.15, 0.2) is 5.79 Å². The molecule has 0 radical (unpaired) electrons. The molecule has 6 heteroatoms. The highest BCUT2D eigenvalue weighted by atomic mass is 127. The minimum absolute atomic E-state index is 0.0683. The van der Waals surface area contributed by atoms with Crippen molar-refractivity contribution in [1.29, 1.82) is 0 Å². The van der Waals surface area contributed by atoms with Gasteiger partial charge in [0.2, 0.25) is 0 Å². The van der Waals surface area contributed by atoms with Gasteiger partial charge < -0.3 is 19.3 Å². The molecule has 1 unspecified atom stereocenters. The Morgan fingerprint density at radius 3 is 2.52 bits per heavy atom. The van der Waals surface area contributed by atoms with Crippen molar-refractivity contribution in [2.75, 3.05) is 4.43 Å². The van der Waals surface area contributed by atoms with Gasteiger partial charge in [-0.3, -0.25) is 0 Å². The zero-order chi connectivity index (χ0) is 20.0. The highest BCUT2D eigenvalue weighted by molar-refractivity contribution is 14.1. The molecule has 1 heterocycles. The van der Waals surface area contributed by atoms with Gasteiger partial charge in [-0.1, -0.05) is 53.8 Å². The largest absolute Gasteiger partial charge is 0.452 e. The summed E-state index contributed by atoms with van der Waals surface area (Å²) in [6.45, 7) is 7.38. The minimum Gasteiger partial charge on any atom is -0.452 e. The third-order valence-electron chi connectivity index (χ3n) is 4.56. The average Bonchev–Trinajstić information content (AvgIpc) is 2.93. The van der Waals surface area contributed by atoms with Crippen LogP contribution in [0.25, 0.3) is 0 Å². The second-order valence-electron chi connectivity index (χ2n) is 7.34. The van der Waals surface area contributed by atoms with Crippen molar-refractivity contribution < 1.29 is 24.1 Å². The number of aliphatic hydroxyl groups excluding tert-OH is 1. The summed E-state index contributed by atoms with van der Waals surface area (Å²) < 4.78 is 18.8. The number of rotatable bonds is 8. The maximum atomic E-state index is 12.6. The first-order chi connectivity index (χ1) is 12.7. The fourth-order valence-electron chi connectivity index (χ4n) is 2.90. The lowest BCUT2D eigenvalue weighted by Gasteiger charge is -2.25. The zero-order valence-electron chi connectivity index (χ0n) is 16.3. The Kier molecular flexibility index (Phi) is 8.27. The maximum absolute atomic E-state index is 12.6. The number of alkyl halides is 1. The van der Waals surface area contributed by atoms with Crippen molar-refractivity contribution in [3.8, 4) is 0 Å². The van der Waals surface area contributed by atoms with Gasteiger partial charge in [-0.2, -0.15) is 0 Å². The number of carbonyl (C=O) groups is 1. The SMILES string of the molecule is C[C@H](O)[C@H](C)/C=C\C(OC(=O)c1ccccc1)[C@H]1OC(C)(C)O[C@H]1CCI. The summed E-state index contributed by atoms with van der Waals surface area (Å²) in [6.07, 6.45) is 2.81. The molecular formula is C21H29IO5. The number of aliphatic hydroxyl groups is 1. The van der Waals surface area contributed by atoms with E-state index in [4.69, 9.17) is 14.2 Å². The van der Waals surface area contributed by atoms with E-state index < -0.39 is 30.1 Å². The summed E-state index contributed by atoms with van der Waals surface area (Å²) in [5, 5.41) is 9.76. The fraction of sp³-hybridized carbons (Fsp3) is 0.571. The molecule has 0 amide bonds. The van der Waals surface area contributed by atoms with Gasteiger partial charge >= 0.3 is 5.97 Å². The van der Waals surface area contributed by atoms with Crippen molar-refractivity contribution in [3.63, 3.8) is 0 Å². The van der Waals surface area contributed by atoms with Crippen LogP contribution in [0.2, 0.25) is 0 Å². The molecular weight excluding hydrogens is 459 g/mol. The molecule has 1 aliphatic rings. The molecule has 5 nitrogen and oxygen atoms in total. The molecule has 0 bridgehead atoms. The van der Waals surface area contributed by atoms with Crippen LogP contribution in [0.15, 0.2) is 42.5 Å². The summed E-state index contributed by atoms with van der Waals surface area (Å²) in [6, 6.07) is 8.90. The van der Waals surface area contributed by atoms with Crippen molar-refractivity contribution >= 4 is 28.6 Å². The van der Waals surface area contributed by atoms with Crippen LogP contribution in [0.3, 0.4) is 0 Å². The Morgan fingerprint density at radius 1 is 1.26 bits per heavy atom. The molecule has 1 fully saturated rings. The first kappa shape index (κ1) is 22.3. The third kappa shape index (κ3) is 6.55. The molecule has 0 spiro atoms. The van der Waals surface area contributed by atoms with Gasteiger partial charge in [-0.15, -0.1) is 0 Å². The Labute approximate surface area is 175 Å². The Balaban J connectivity index is 2.24. The highest BCUT2D eigenvalue weighted by Crippen LogP contribution is 2.34. The van der Waals surface area contributed by atoms with Crippen LogP contribution < -0.4 is 0 Å². The molecule has 5 atom stereocenters. The number of ether oxygens (including phenoxy) is 3. The second kappa shape index (κ2) is 10.0. The van der Waals surface area contributed by atoms with Gasteiger partial charge in [0.25, 0.3) is 0 Å². The lowest BCUT2D eigenvalue weighted by Crippen LogP contribution is -2.38. The summed E-state index contributed by atoms with van der Waals surface area (Å²) in [5.41, 5.74) is 0.489. The predicted octanol–water partition coefficient (Wildman–Crippen LogP) is 4.13. The van der Waals surface area contributed by atoms with Crippen molar-refractivity contribution in [1.82, 2.24) is 0 Å². The summed E-state index contributed by atoms with van der Waals surface area (Å²) in [7, 11) is 0. The molecule has 1 aromatic rings. The zero-order valence-corrected chi connectivity index (χ0v) is 18.5. The average molecular weight is 488 g/mol. The van der Waals surface area contributed by atoms with Gasteiger partial charge in [-0.05, 0) is 51.3 Å². The summed E-state index contributed by atoms with van der Waals surface area (Å²) >= 11 is 2.30. The molecule has 1 saturated heterocycles. The Morgan fingerprint density at radius 2 is 1.93 bits per heavy atom. The number of hydrogen-bond donors (Lipinski definition) is 1. The highest BCUT2D eigenvalue weighted by Gasteiger charge is 2.45. The molecule has 0 saturated carbocycles. The van der Waals surface area contributed by atoms with Crippen molar-refractivity contribution in [2.24, 2.45) is 5.92 Å². The van der Waals surface area contributed by atoms with E-state index in [2.05, 4.69) is 22.6 Å². The third-order valence-corrected chi connectivity index (χ3v) is 5.18. The van der Waals surface area contributed by atoms with Crippen LogP contribution in [0.4, 0.5) is 0 Å². The molecule has 150 valence electrons. The lowest BCUT2D eigenvalue weighted by atomic mass is 10.0. The number of hydrogen-bond acceptors (Lipinski definition) is 5. The first-order valence-corrected chi connectivity index (χ1v) is 10.8. The topological polar surface area (TPSA) is 65.0 Å². The quantitative estimate of drug-likeness (QED) is 0.258. The monoisotopic (exact) mass is 488 g/mol. The van der Waals surface area contributed by atoms with E-state index in [1.54, 1.807) is 31.2 Å². The number of carbonyl (C=O) groups excluding carboxylic acids is 1. The molecule has 27 heavy (non-hydrogen) atoms. The van der Waals surface area contributed by atoms with Crippen LogP contribution in [0.1, 0.15) is 44.5 Å². The fourth-order valence-corrected chi connectivity index (χ4v) is 3.51. The minimum atomic E-state index is -0.734.